The third-order valence-electron chi connectivity index (χ3n) is 4.12. The zero-order chi connectivity index (χ0) is 16.6. The Labute approximate surface area is 132 Å². The largest absolute Gasteiger partial charge is 0.305 e. The summed E-state index contributed by atoms with van der Waals surface area (Å²) in [4.78, 5) is 25.0. The second-order valence-electron chi connectivity index (χ2n) is 5.61. The predicted octanol–water partition coefficient (Wildman–Crippen LogP) is 3.72. The lowest BCUT2D eigenvalue weighted by Crippen LogP contribution is -2.42. The van der Waals surface area contributed by atoms with Crippen LogP contribution in [0.25, 0.3) is 0 Å². The van der Waals surface area contributed by atoms with Gasteiger partial charge in [0.2, 0.25) is 0 Å². The highest BCUT2D eigenvalue weighted by molar-refractivity contribution is 6.09. The fourth-order valence-corrected chi connectivity index (χ4v) is 2.97. The van der Waals surface area contributed by atoms with Crippen molar-refractivity contribution < 1.29 is 14.1 Å². The van der Waals surface area contributed by atoms with Crippen molar-refractivity contribution in [3.63, 3.8) is 0 Å². The SMILES string of the molecule is CC1CCc2cc(F)ccc2N1C(=O)c1ccccc1[N+](=O)[O-]. The molecule has 1 amide bonds. The monoisotopic (exact) mass is 314 g/mol. The number of nitro groups is 1. The molecule has 2 aromatic carbocycles. The van der Waals surface area contributed by atoms with Gasteiger partial charge in [-0.2, -0.15) is 0 Å². The smallest absolute Gasteiger partial charge is 0.282 e. The summed E-state index contributed by atoms with van der Waals surface area (Å²) in [6, 6.07) is 10.1. The van der Waals surface area contributed by atoms with Gasteiger partial charge < -0.3 is 4.90 Å². The number of para-hydroxylation sites is 1. The number of carbonyl (C=O) groups excluding carboxylic acids is 1. The molecule has 0 saturated heterocycles. The molecule has 0 fully saturated rings. The van der Waals surface area contributed by atoms with Crippen molar-refractivity contribution in [3.8, 4) is 0 Å². The number of rotatable bonds is 2. The molecule has 0 aromatic heterocycles. The highest BCUT2D eigenvalue weighted by Gasteiger charge is 2.32. The lowest BCUT2D eigenvalue weighted by Gasteiger charge is -2.35. The van der Waals surface area contributed by atoms with Gasteiger partial charge in [-0.3, -0.25) is 14.9 Å². The van der Waals surface area contributed by atoms with Gasteiger partial charge in [0.1, 0.15) is 11.4 Å². The van der Waals surface area contributed by atoms with Crippen molar-refractivity contribution in [1.29, 1.82) is 0 Å². The van der Waals surface area contributed by atoms with Crippen molar-refractivity contribution in [2.75, 3.05) is 4.90 Å². The van der Waals surface area contributed by atoms with E-state index >= 15 is 0 Å². The molecule has 1 aliphatic heterocycles. The molecule has 118 valence electrons. The minimum absolute atomic E-state index is 0.0431. The van der Waals surface area contributed by atoms with Crippen LogP contribution < -0.4 is 4.90 Å². The zero-order valence-corrected chi connectivity index (χ0v) is 12.5. The van der Waals surface area contributed by atoms with Crippen LogP contribution in [0.2, 0.25) is 0 Å². The quantitative estimate of drug-likeness (QED) is 0.627. The van der Waals surface area contributed by atoms with E-state index in [2.05, 4.69) is 0 Å². The molecule has 1 aliphatic rings. The summed E-state index contributed by atoms with van der Waals surface area (Å²) in [5, 5.41) is 11.2. The van der Waals surface area contributed by atoms with E-state index in [1.807, 2.05) is 6.92 Å². The molecule has 1 atom stereocenters. The van der Waals surface area contributed by atoms with Crippen LogP contribution in [0.15, 0.2) is 42.5 Å². The Morgan fingerprint density at radius 1 is 1.30 bits per heavy atom. The minimum Gasteiger partial charge on any atom is -0.305 e. The van der Waals surface area contributed by atoms with Crippen molar-refractivity contribution in [3.05, 3.63) is 69.5 Å². The number of hydrogen-bond acceptors (Lipinski definition) is 3. The van der Waals surface area contributed by atoms with Gasteiger partial charge in [0, 0.05) is 17.8 Å². The Balaban J connectivity index is 2.08. The van der Waals surface area contributed by atoms with Crippen LogP contribution in [0.3, 0.4) is 0 Å². The number of aryl methyl sites for hydroxylation is 1. The van der Waals surface area contributed by atoms with Crippen molar-refractivity contribution >= 4 is 17.3 Å². The van der Waals surface area contributed by atoms with Crippen LogP contribution in [0.5, 0.6) is 0 Å². The maximum atomic E-state index is 13.4. The molecule has 0 N–H and O–H groups in total. The number of halogens is 1. The van der Waals surface area contributed by atoms with Crippen LogP contribution in [-0.2, 0) is 6.42 Å². The molecular formula is C17H15FN2O3. The molecule has 0 saturated carbocycles. The molecule has 0 bridgehead atoms. The number of fused-ring (bicyclic) bond motifs is 1. The van der Waals surface area contributed by atoms with E-state index < -0.39 is 10.8 Å². The fourth-order valence-electron chi connectivity index (χ4n) is 2.97. The van der Waals surface area contributed by atoms with E-state index in [1.54, 1.807) is 12.1 Å². The van der Waals surface area contributed by atoms with Crippen LogP contribution >= 0.6 is 0 Å². The summed E-state index contributed by atoms with van der Waals surface area (Å²) in [6.45, 7) is 1.89. The number of carbonyl (C=O) groups is 1. The summed E-state index contributed by atoms with van der Waals surface area (Å²) in [7, 11) is 0. The lowest BCUT2D eigenvalue weighted by molar-refractivity contribution is -0.385. The Kier molecular flexibility index (Phi) is 3.82. The van der Waals surface area contributed by atoms with Crippen molar-refractivity contribution in [1.82, 2.24) is 0 Å². The average Bonchev–Trinajstić information content (AvgIpc) is 2.54. The summed E-state index contributed by atoms with van der Waals surface area (Å²) < 4.78 is 13.4. The first-order valence-corrected chi connectivity index (χ1v) is 7.34. The third kappa shape index (κ3) is 2.67. The second-order valence-corrected chi connectivity index (χ2v) is 5.61. The Hall–Kier alpha value is -2.76. The summed E-state index contributed by atoms with van der Waals surface area (Å²) in [5.41, 5.74) is 1.18. The maximum Gasteiger partial charge on any atom is 0.282 e. The summed E-state index contributed by atoms with van der Waals surface area (Å²) >= 11 is 0. The number of hydrogen-bond donors (Lipinski definition) is 0. The molecule has 3 rings (SSSR count). The highest BCUT2D eigenvalue weighted by Crippen LogP contribution is 2.33. The molecule has 0 aliphatic carbocycles. The molecule has 2 aromatic rings. The van der Waals surface area contributed by atoms with Gasteiger partial charge in [-0.1, -0.05) is 12.1 Å². The van der Waals surface area contributed by atoms with Gasteiger partial charge in [-0.05, 0) is 49.6 Å². The Bertz CT molecular complexity index is 791. The van der Waals surface area contributed by atoms with Gasteiger partial charge in [0.25, 0.3) is 11.6 Å². The summed E-state index contributed by atoms with van der Waals surface area (Å²) in [5.74, 6) is -0.784. The topological polar surface area (TPSA) is 63.5 Å². The number of nitrogens with zero attached hydrogens (tertiary/aromatic N) is 2. The van der Waals surface area contributed by atoms with Gasteiger partial charge in [-0.25, -0.2) is 4.39 Å². The van der Waals surface area contributed by atoms with Gasteiger partial charge >= 0.3 is 0 Å². The van der Waals surface area contributed by atoms with Crippen molar-refractivity contribution in [2.24, 2.45) is 0 Å². The molecule has 6 heteroatoms. The molecule has 1 unspecified atom stereocenters. The van der Waals surface area contributed by atoms with Crippen LogP contribution in [0.4, 0.5) is 15.8 Å². The van der Waals surface area contributed by atoms with Crippen LogP contribution in [0, 0.1) is 15.9 Å². The second kappa shape index (κ2) is 5.79. The third-order valence-corrected chi connectivity index (χ3v) is 4.12. The normalized spacial score (nSPS) is 16.8. The molecule has 1 heterocycles. The number of amides is 1. The minimum atomic E-state index is -0.562. The van der Waals surface area contributed by atoms with Crippen molar-refractivity contribution in [2.45, 2.75) is 25.8 Å². The average molecular weight is 314 g/mol. The number of benzene rings is 2. The number of anilines is 1. The fraction of sp³-hybridized carbons (Fsp3) is 0.235. The van der Waals surface area contributed by atoms with Gasteiger partial charge in [0.15, 0.2) is 0 Å². The molecule has 23 heavy (non-hydrogen) atoms. The van der Waals surface area contributed by atoms with E-state index in [-0.39, 0.29) is 23.1 Å². The Morgan fingerprint density at radius 3 is 2.78 bits per heavy atom. The maximum absolute atomic E-state index is 13.4. The van der Waals surface area contributed by atoms with E-state index in [4.69, 9.17) is 0 Å². The first kappa shape index (κ1) is 15.1. The van der Waals surface area contributed by atoms with Crippen LogP contribution in [-0.4, -0.2) is 16.9 Å². The zero-order valence-electron chi connectivity index (χ0n) is 12.5. The lowest BCUT2D eigenvalue weighted by atomic mass is 9.95. The predicted molar refractivity (Wildman–Crippen MR) is 84.1 cm³/mol. The van der Waals surface area contributed by atoms with E-state index in [0.717, 1.165) is 5.56 Å². The first-order chi connectivity index (χ1) is 11.0. The van der Waals surface area contributed by atoms with Gasteiger partial charge in [-0.15, -0.1) is 0 Å². The summed E-state index contributed by atoms with van der Waals surface area (Å²) in [6.07, 6.45) is 1.36. The van der Waals surface area contributed by atoms with E-state index in [9.17, 15) is 19.3 Å². The molecule has 0 spiro atoms. The van der Waals surface area contributed by atoms with E-state index in [0.29, 0.717) is 18.5 Å². The van der Waals surface area contributed by atoms with Crippen LogP contribution in [0.1, 0.15) is 29.3 Å². The van der Waals surface area contributed by atoms with E-state index in [1.165, 1.54) is 35.2 Å². The molecular weight excluding hydrogens is 299 g/mol. The highest BCUT2D eigenvalue weighted by atomic mass is 19.1. The first-order valence-electron chi connectivity index (χ1n) is 7.34. The Morgan fingerprint density at radius 2 is 2.04 bits per heavy atom. The molecule has 0 radical (unpaired) electrons. The molecule has 5 nitrogen and oxygen atoms in total. The number of nitro benzene ring substituents is 1. The van der Waals surface area contributed by atoms with Gasteiger partial charge in [0.05, 0.1) is 4.92 Å². The standard InChI is InChI=1S/C17H15FN2O3/c1-11-6-7-12-10-13(18)8-9-15(12)19(11)17(21)14-4-2-3-5-16(14)20(22)23/h2-5,8-11H,6-7H2,1H3.